The number of benzene rings is 1. The summed E-state index contributed by atoms with van der Waals surface area (Å²) < 4.78 is 39.1. The van der Waals surface area contributed by atoms with Crippen molar-refractivity contribution in [1.29, 1.82) is 0 Å². The number of rotatable bonds is 7. The summed E-state index contributed by atoms with van der Waals surface area (Å²) in [5.41, 5.74) is 5.72. The zero-order valence-corrected chi connectivity index (χ0v) is 20.9. The number of carbonyl (C=O) groups is 1. The maximum atomic E-state index is 13.3. The van der Waals surface area contributed by atoms with Gasteiger partial charge in [0.1, 0.15) is 11.9 Å². The summed E-state index contributed by atoms with van der Waals surface area (Å²) in [7, 11) is 1.73. The first-order valence-electron chi connectivity index (χ1n) is 12.8. The molecule has 0 radical (unpaired) electrons. The molecule has 2 aromatic heterocycles. The van der Waals surface area contributed by atoms with Crippen LogP contribution in [-0.2, 0) is 4.74 Å². The lowest BCUT2D eigenvalue weighted by molar-refractivity contribution is -0.0505. The Morgan fingerprint density at radius 3 is 2.82 bits per heavy atom. The highest BCUT2D eigenvalue weighted by Crippen LogP contribution is 2.53. The Labute approximate surface area is 218 Å². The fraction of sp³-hybridized carbons (Fsp3) is 0.429. The summed E-state index contributed by atoms with van der Waals surface area (Å²) in [6.45, 7) is -3.21. The number of fused-ring (bicyclic) bond motifs is 9. The van der Waals surface area contributed by atoms with Crippen molar-refractivity contribution in [1.82, 2.24) is 14.5 Å². The van der Waals surface area contributed by atoms with Gasteiger partial charge < -0.3 is 24.6 Å². The molecule has 200 valence electrons. The molecule has 2 unspecified atom stereocenters. The van der Waals surface area contributed by atoms with E-state index in [1.54, 1.807) is 28.6 Å². The lowest BCUT2D eigenvalue weighted by Gasteiger charge is -2.24. The first kappa shape index (κ1) is 25.0. The third-order valence-corrected chi connectivity index (χ3v) is 7.94. The van der Waals surface area contributed by atoms with Crippen molar-refractivity contribution in [3.63, 3.8) is 0 Å². The van der Waals surface area contributed by atoms with Gasteiger partial charge in [-0.25, -0.2) is 4.52 Å². The van der Waals surface area contributed by atoms with Gasteiger partial charge in [0.05, 0.1) is 36.6 Å². The van der Waals surface area contributed by atoms with Gasteiger partial charge in [0, 0.05) is 35.9 Å². The zero-order valence-electron chi connectivity index (χ0n) is 20.9. The van der Waals surface area contributed by atoms with Crippen molar-refractivity contribution in [3.8, 4) is 5.75 Å². The highest BCUT2D eigenvalue weighted by atomic mass is 19.3. The number of nitrogens with zero attached hydrogens (tertiary/aromatic N) is 3. The topological polar surface area (TPSA) is 96.5 Å². The Morgan fingerprint density at radius 1 is 1.24 bits per heavy atom. The molecule has 2 bridgehead atoms. The summed E-state index contributed by atoms with van der Waals surface area (Å²) in [4.78, 5) is 14.9. The highest BCUT2D eigenvalue weighted by Gasteiger charge is 2.46. The predicted octanol–water partition coefficient (Wildman–Crippen LogP) is 3.90. The Morgan fingerprint density at radius 2 is 2.08 bits per heavy atom. The molecule has 3 aromatic rings. The molecule has 1 amide bonds. The number of hydrogen-bond donors (Lipinski definition) is 2. The van der Waals surface area contributed by atoms with E-state index in [0.717, 1.165) is 35.2 Å². The van der Waals surface area contributed by atoms with Gasteiger partial charge in [0.25, 0.3) is 5.91 Å². The molecule has 3 aliphatic rings. The van der Waals surface area contributed by atoms with Crippen LogP contribution in [-0.4, -0.2) is 69.7 Å². The molecular formula is C28H29F2N3O5. The molecule has 0 fully saturated rings. The van der Waals surface area contributed by atoms with Gasteiger partial charge in [-0.2, -0.15) is 13.9 Å². The van der Waals surface area contributed by atoms with Crippen molar-refractivity contribution >= 4 is 17.0 Å². The van der Waals surface area contributed by atoms with E-state index >= 15 is 0 Å². The third kappa shape index (κ3) is 4.16. The minimum Gasteiger partial charge on any atom is -0.434 e. The monoisotopic (exact) mass is 525 g/mol. The molecule has 10 heteroatoms. The van der Waals surface area contributed by atoms with Gasteiger partial charge in [-0.15, -0.1) is 0 Å². The van der Waals surface area contributed by atoms with Crippen LogP contribution in [0.25, 0.3) is 11.1 Å². The Hall–Kier alpha value is -3.34. The normalized spacial score (nSPS) is 23.3. The number of pyridine rings is 1. The van der Waals surface area contributed by atoms with Crippen LogP contribution in [0.15, 0.2) is 42.6 Å². The number of aliphatic hydroxyl groups is 2. The summed E-state index contributed by atoms with van der Waals surface area (Å²) in [6.07, 6.45) is 6.01. The van der Waals surface area contributed by atoms with Crippen molar-refractivity contribution in [2.24, 2.45) is 0 Å². The largest absolute Gasteiger partial charge is 0.434 e. The number of hydrogen-bond acceptors (Lipinski definition) is 6. The van der Waals surface area contributed by atoms with Crippen LogP contribution in [0.1, 0.15) is 70.4 Å². The van der Waals surface area contributed by atoms with Crippen molar-refractivity contribution in [2.45, 2.75) is 56.5 Å². The summed E-state index contributed by atoms with van der Waals surface area (Å²) in [6, 6.07) is 8.58. The average Bonchev–Trinajstić information content (AvgIpc) is 3.44. The average molecular weight is 526 g/mol. The van der Waals surface area contributed by atoms with Gasteiger partial charge in [-0.1, -0.05) is 12.1 Å². The van der Waals surface area contributed by atoms with Crippen LogP contribution >= 0.6 is 0 Å². The molecular weight excluding hydrogens is 496 g/mol. The number of aromatic nitrogens is 2. The summed E-state index contributed by atoms with van der Waals surface area (Å²) >= 11 is 0. The van der Waals surface area contributed by atoms with Gasteiger partial charge in [-0.05, 0) is 61.1 Å². The lowest BCUT2D eigenvalue weighted by Crippen LogP contribution is -2.30. The smallest absolute Gasteiger partial charge is 0.387 e. The van der Waals surface area contributed by atoms with E-state index in [4.69, 9.17) is 19.7 Å². The fourth-order valence-corrected chi connectivity index (χ4v) is 6.09. The second-order valence-electron chi connectivity index (χ2n) is 10.2. The highest BCUT2D eigenvalue weighted by molar-refractivity contribution is 5.98. The van der Waals surface area contributed by atoms with Crippen LogP contribution in [0.3, 0.4) is 0 Å². The molecule has 0 spiro atoms. The van der Waals surface area contributed by atoms with E-state index in [-0.39, 0.29) is 42.9 Å². The second-order valence-corrected chi connectivity index (χ2v) is 10.2. The predicted molar refractivity (Wildman–Crippen MR) is 134 cm³/mol. The number of aliphatic hydroxyl groups excluding tert-OH is 2. The Balaban J connectivity index is 1.38. The molecule has 4 atom stereocenters. The van der Waals surface area contributed by atoms with Crippen LogP contribution in [0.5, 0.6) is 5.75 Å². The molecule has 2 aliphatic carbocycles. The number of allylic oxidation sites excluding steroid dienone is 1. The quantitative estimate of drug-likeness (QED) is 0.486. The summed E-state index contributed by atoms with van der Waals surface area (Å²) in [5, 5.41) is 23.4. The Kier molecular flexibility index (Phi) is 6.41. The first-order valence-corrected chi connectivity index (χ1v) is 12.8. The number of halogens is 2. The molecule has 3 heterocycles. The van der Waals surface area contributed by atoms with E-state index in [9.17, 15) is 18.7 Å². The van der Waals surface area contributed by atoms with E-state index in [1.807, 2.05) is 12.3 Å². The Bertz CT molecular complexity index is 1420. The number of ether oxygens (including phenoxy) is 2. The van der Waals surface area contributed by atoms with Crippen molar-refractivity contribution in [3.05, 3.63) is 70.6 Å². The van der Waals surface area contributed by atoms with Crippen LogP contribution in [0.4, 0.5) is 8.78 Å². The number of alkyl halides is 2. The maximum absolute atomic E-state index is 13.3. The van der Waals surface area contributed by atoms with Gasteiger partial charge in [-0.3, -0.25) is 4.79 Å². The van der Waals surface area contributed by atoms with E-state index in [2.05, 4.69) is 12.1 Å². The molecule has 38 heavy (non-hydrogen) atoms. The van der Waals surface area contributed by atoms with E-state index < -0.39 is 12.7 Å². The molecule has 1 aromatic carbocycles. The van der Waals surface area contributed by atoms with E-state index in [1.165, 1.54) is 11.6 Å². The van der Waals surface area contributed by atoms with Gasteiger partial charge in [0.15, 0.2) is 0 Å². The first-order chi connectivity index (χ1) is 18.4. The minimum atomic E-state index is -3.00. The van der Waals surface area contributed by atoms with Crippen LogP contribution in [0.2, 0.25) is 0 Å². The second kappa shape index (κ2) is 9.76. The molecule has 0 saturated carbocycles. The minimum absolute atomic E-state index is 0.0104. The van der Waals surface area contributed by atoms with Crippen molar-refractivity contribution < 1.29 is 33.3 Å². The molecule has 1 aliphatic heterocycles. The van der Waals surface area contributed by atoms with Gasteiger partial charge >= 0.3 is 6.61 Å². The zero-order chi connectivity index (χ0) is 26.6. The molecule has 0 saturated heterocycles. The standard InChI is InChI=1S/C28H29F2N3O5/c1-32-22-12-20(24-19(27(32)36)3-2-4-23(24)38-28(29)30)25-21-11-16(9-10-33(21)31-26(22)25)15-5-7-18(8-6-15)37-14-17(35)13-34/h2-5,9-11,17-18,20,22,28,34-35H,6-8,12-14H2,1H3/t17?,18?,20-,22-/m1/s1. The van der Waals surface area contributed by atoms with Crippen LogP contribution < -0.4 is 4.74 Å². The number of amides is 1. The van der Waals surface area contributed by atoms with Crippen LogP contribution in [0, 0.1) is 0 Å². The third-order valence-electron chi connectivity index (χ3n) is 7.94. The van der Waals surface area contributed by atoms with Gasteiger partial charge in [0.2, 0.25) is 0 Å². The fourth-order valence-electron chi connectivity index (χ4n) is 6.09. The number of carbonyl (C=O) groups excluding carboxylic acids is 1. The molecule has 8 nitrogen and oxygen atoms in total. The SMILES string of the molecule is CN1C(=O)c2cccc(OC(F)F)c2[C@H]2C[C@@H]1c1nn3ccc(C4=CCC(OCC(O)CO)CC4)cc3c12. The lowest BCUT2D eigenvalue weighted by atomic mass is 9.88. The summed E-state index contributed by atoms with van der Waals surface area (Å²) in [5.74, 6) is -0.510. The molecule has 6 rings (SSSR count). The maximum Gasteiger partial charge on any atom is 0.387 e. The molecule has 2 N–H and O–H groups in total. The van der Waals surface area contributed by atoms with E-state index in [0.29, 0.717) is 24.0 Å². The van der Waals surface area contributed by atoms with Crippen molar-refractivity contribution in [2.75, 3.05) is 20.3 Å².